The molecular formula is C19H24N2O4. The van der Waals surface area contributed by atoms with Crippen molar-refractivity contribution in [3.05, 3.63) is 35.5 Å². The van der Waals surface area contributed by atoms with E-state index in [2.05, 4.69) is 5.16 Å². The highest BCUT2D eigenvalue weighted by atomic mass is 16.5. The summed E-state index contributed by atoms with van der Waals surface area (Å²) in [4.78, 5) is 11.7. The molecule has 0 bridgehead atoms. The van der Waals surface area contributed by atoms with Crippen LogP contribution in [0.5, 0.6) is 5.75 Å². The molecule has 1 aromatic carbocycles. The zero-order valence-corrected chi connectivity index (χ0v) is 14.7. The van der Waals surface area contributed by atoms with Crippen LogP contribution in [0, 0.1) is 12.8 Å². The van der Waals surface area contributed by atoms with Gasteiger partial charge in [-0.1, -0.05) is 5.16 Å². The largest absolute Gasteiger partial charge is 0.490 e. The first kappa shape index (κ1) is 17.5. The lowest BCUT2D eigenvalue weighted by Gasteiger charge is -2.28. The lowest BCUT2D eigenvalue weighted by Crippen LogP contribution is -2.30. The van der Waals surface area contributed by atoms with Gasteiger partial charge in [0.05, 0.1) is 24.8 Å². The zero-order valence-electron chi connectivity index (χ0n) is 14.7. The molecule has 0 radical (unpaired) electrons. The minimum absolute atomic E-state index is 0.0378. The Morgan fingerprint density at radius 1 is 1.32 bits per heavy atom. The number of methoxy groups -OCH3 is 1. The molecule has 0 amide bonds. The number of carbonyl (C=O) groups is 1. The average Bonchev–Trinajstić information content (AvgIpc) is 3.02. The molecule has 2 N–H and O–H groups in total. The van der Waals surface area contributed by atoms with Crippen LogP contribution in [0.3, 0.4) is 0 Å². The predicted octanol–water partition coefficient (Wildman–Crippen LogP) is 3.22. The minimum atomic E-state index is -0.140. The van der Waals surface area contributed by atoms with Crippen molar-refractivity contribution in [1.29, 1.82) is 0 Å². The molecule has 0 aliphatic heterocycles. The summed E-state index contributed by atoms with van der Waals surface area (Å²) in [6, 6.07) is 7.70. The van der Waals surface area contributed by atoms with Gasteiger partial charge in [-0.25, -0.2) is 0 Å². The van der Waals surface area contributed by atoms with Gasteiger partial charge in [-0.2, -0.15) is 0 Å². The Bertz CT molecular complexity index is 724. The van der Waals surface area contributed by atoms with E-state index < -0.39 is 0 Å². The standard InChI is InChI=1S/C19H24N2O4/c1-12-17(11-20)18(25-21-12)13-6-8-15(9-7-13)24-16-5-3-4-14(10-16)19(22)23-2/h6-9,14,16H,3-5,10-11,20H2,1-2H3/t14-,16-/m1/s1. The van der Waals surface area contributed by atoms with Crippen molar-refractivity contribution in [3.63, 3.8) is 0 Å². The number of carbonyl (C=O) groups excluding carboxylic acids is 1. The van der Waals surface area contributed by atoms with Crippen LogP contribution in [-0.4, -0.2) is 24.3 Å². The zero-order chi connectivity index (χ0) is 17.8. The second kappa shape index (κ2) is 7.70. The molecule has 134 valence electrons. The fourth-order valence-electron chi connectivity index (χ4n) is 3.37. The number of hydrogen-bond donors (Lipinski definition) is 1. The van der Waals surface area contributed by atoms with Gasteiger partial charge in [0.1, 0.15) is 5.75 Å². The number of nitrogens with zero attached hydrogens (tertiary/aromatic N) is 1. The highest BCUT2D eigenvalue weighted by molar-refractivity contribution is 5.72. The van der Waals surface area contributed by atoms with Gasteiger partial charge in [0.15, 0.2) is 5.76 Å². The van der Waals surface area contributed by atoms with E-state index >= 15 is 0 Å². The van der Waals surface area contributed by atoms with Gasteiger partial charge in [-0.05, 0) is 56.9 Å². The summed E-state index contributed by atoms with van der Waals surface area (Å²) in [5, 5.41) is 3.98. The number of hydrogen-bond acceptors (Lipinski definition) is 6. The fraction of sp³-hybridized carbons (Fsp3) is 0.474. The van der Waals surface area contributed by atoms with Crippen molar-refractivity contribution in [2.75, 3.05) is 7.11 Å². The number of esters is 1. The lowest BCUT2D eigenvalue weighted by molar-refractivity contribution is -0.147. The first-order valence-electron chi connectivity index (χ1n) is 8.62. The minimum Gasteiger partial charge on any atom is -0.490 e. The van der Waals surface area contributed by atoms with E-state index in [9.17, 15) is 4.79 Å². The summed E-state index contributed by atoms with van der Waals surface area (Å²) >= 11 is 0. The molecule has 3 rings (SSSR count). The topological polar surface area (TPSA) is 87.6 Å². The molecule has 1 fully saturated rings. The third kappa shape index (κ3) is 3.85. The lowest BCUT2D eigenvalue weighted by atomic mass is 9.87. The van der Waals surface area contributed by atoms with Gasteiger partial charge < -0.3 is 19.7 Å². The smallest absolute Gasteiger partial charge is 0.308 e. The molecule has 6 nitrogen and oxygen atoms in total. The maximum absolute atomic E-state index is 11.7. The molecule has 2 atom stereocenters. The highest BCUT2D eigenvalue weighted by Gasteiger charge is 2.29. The maximum atomic E-state index is 11.7. The van der Waals surface area contributed by atoms with Gasteiger partial charge in [-0.15, -0.1) is 0 Å². The Labute approximate surface area is 147 Å². The molecule has 0 unspecified atom stereocenters. The quantitative estimate of drug-likeness (QED) is 0.838. The number of aryl methyl sites for hydroxylation is 1. The van der Waals surface area contributed by atoms with Crippen molar-refractivity contribution in [3.8, 4) is 17.1 Å². The predicted molar refractivity (Wildman–Crippen MR) is 93.0 cm³/mol. The summed E-state index contributed by atoms with van der Waals surface area (Å²) in [7, 11) is 1.44. The van der Waals surface area contributed by atoms with Crippen LogP contribution < -0.4 is 10.5 Å². The average molecular weight is 344 g/mol. The molecule has 1 heterocycles. The first-order chi connectivity index (χ1) is 12.1. The fourth-order valence-corrected chi connectivity index (χ4v) is 3.37. The third-order valence-electron chi connectivity index (χ3n) is 4.77. The Morgan fingerprint density at radius 2 is 2.08 bits per heavy atom. The Balaban J connectivity index is 1.67. The van der Waals surface area contributed by atoms with Crippen LogP contribution in [0.25, 0.3) is 11.3 Å². The van der Waals surface area contributed by atoms with Crippen LogP contribution in [0.1, 0.15) is 36.9 Å². The van der Waals surface area contributed by atoms with Crippen LogP contribution >= 0.6 is 0 Å². The number of benzene rings is 1. The van der Waals surface area contributed by atoms with Crippen molar-refractivity contribution in [2.45, 2.75) is 45.3 Å². The summed E-state index contributed by atoms with van der Waals surface area (Å²) in [6.45, 7) is 2.27. The van der Waals surface area contributed by atoms with Crippen LogP contribution in [0.2, 0.25) is 0 Å². The summed E-state index contributed by atoms with van der Waals surface area (Å²) in [5.74, 6) is 1.28. The molecule has 1 aliphatic carbocycles. The van der Waals surface area contributed by atoms with E-state index in [1.54, 1.807) is 0 Å². The Hall–Kier alpha value is -2.34. The second-order valence-electron chi connectivity index (χ2n) is 6.43. The third-order valence-corrected chi connectivity index (χ3v) is 4.77. The molecule has 2 aromatic rings. The normalized spacial score (nSPS) is 20.3. The van der Waals surface area contributed by atoms with Crippen LogP contribution in [0.4, 0.5) is 0 Å². The maximum Gasteiger partial charge on any atom is 0.308 e. The van der Waals surface area contributed by atoms with Gasteiger partial charge in [0, 0.05) is 17.7 Å². The summed E-state index contributed by atoms with van der Waals surface area (Å²) in [5.41, 5.74) is 8.43. The molecule has 1 saturated carbocycles. The van der Waals surface area contributed by atoms with Gasteiger partial charge in [0.25, 0.3) is 0 Å². The van der Waals surface area contributed by atoms with Gasteiger partial charge >= 0.3 is 5.97 Å². The second-order valence-corrected chi connectivity index (χ2v) is 6.43. The molecule has 0 spiro atoms. The van der Waals surface area contributed by atoms with Crippen molar-refractivity contribution in [1.82, 2.24) is 5.16 Å². The van der Waals surface area contributed by atoms with Gasteiger partial charge in [0.2, 0.25) is 0 Å². The van der Waals surface area contributed by atoms with E-state index in [0.717, 1.165) is 41.8 Å². The Kier molecular flexibility index (Phi) is 5.38. The van der Waals surface area contributed by atoms with Crippen molar-refractivity contribution in [2.24, 2.45) is 11.7 Å². The van der Waals surface area contributed by atoms with E-state index in [0.29, 0.717) is 18.7 Å². The van der Waals surface area contributed by atoms with E-state index in [1.165, 1.54) is 7.11 Å². The number of ether oxygens (including phenoxy) is 2. The van der Waals surface area contributed by atoms with E-state index in [4.69, 9.17) is 19.7 Å². The van der Waals surface area contributed by atoms with E-state index in [-0.39, 0.29) is 18.0 Å². The SMILES string of the molecule is COC(=O)[C@@H]1CCC[C@@H](Oc2ccc(-c3onc(C)c3CN)cc2)C1. The number of rotatable bonds is 5. The van der Waals surface area contributed by atoms with Crippen LogP contribution in [0.15, 0.2) is 28.8 Å². The highest BCUT2D eigenvalue weighted by Crippen LogP contribution is 2.31. The first-order valence-corrected chi connectivity index (χ1v) is 8.62. The van der Waals surface area contributed by atoms with Crippen molar-refractivity contribution < 1.29 is 18.8 Å². The van der Waals surface area contributed by atoms with Crippen molar-refractivity contribution >= 4 is 5.97 Å². The summed E-state index contributed by atoms with van der Waals surface area (Å²) in [6.07, 6.45) is 3.54. The summed E-state index contributed by atoms with van der Waals surface area (Å²) < 4.78 is 16.3. The van der Waals surface area contributed by atoms with E-state index in [1.807, 2.05) is 31.2 Å². The molecule has 0 saturated heterocycles. The Morgan fingerprint density at radius 3 is 2.76 bits per heavy atom. The molecule has 1 aromatic heterocycles. The molecular weight excluding hydrogens is 320 g/mol. The number of aromatic nitrogens is 1. The molecule has 25 heavy (non-hydrogen) atoms. The number of nitrogens with two attached hydrogens (primary N) is 1. The van der Waals surface area contributed by atoms with Gasteiger partial charge in [-0.3, -0.25) is 4.79 Å². The van der Waals surface area contributed by atoms with Crippen LogP contribution in [-0.2, 0) is 16.1 Å². The molecule has 1 aliphatic rings. The monoisotopic (exact) mass is 344 g/mol. The molecule has 6 heteroatoms.